The summed E-state index contributed by atoms with van der Waals surface area (Å²) < 4.78 is 0. The Kier molecular flexibility index (Phi) is 24.7. The van der Waals surface area contributed by atoms with Crippen molar-refractivity contribution in [3.05, 3.63) is 0 Å². The Balaban J connectivity index is -0.0000000712. The van der Waals surface area contributed by atoms with Crippen LogP contribution in [0.2, 0.25) is 0 Å². The second kappa shape index (κ2) is 14.0. The summed E-state index contributed by atoms with van der Waals surface area (Å²) in [6.45, 7) is 13.6. The Labute approximate surface area is 85.1 Å². The van der Waals surface area contributed by atoms with Crippen LogP contribution in [0.5, 0.6) is 0 Å². The fourth-order valence-corrected chi connectivity index (χ4v) is 0.375. The smallest absolute Gasteiger partial charge is 0.225 e. The van der Waals surface area contributed by atoms with Crippen LogP contribution in [-0.4, -0.2) is 13.0 Å². The van der Waals surface area contributed by atoms with Gasteiger partial charge in [0.15, 0.2) is 0 Å². The number of rotatable bonds is 0. The molecule has 0 bridgehead atoms. The van der Waals surface area contributed by atoms with E-state index < -0.39 is 0 Å². The molecule has 0 spiro atoms. The number of carbonyl (C=O) groups is 1. The molecule has 0 aliphatic rings. The van der Waals surface area contributed by atoms with Crippen molar-refractivity contribution >= 4 is 5.91 Å². The van der Waals surface area contributed by atoms with Crippen LogP contribution >= 0.6 is 0 Å². The highest BCUT2D eigenvalue weighted by Gasteiger charge is 2.18. The van der Waals surface area contributed by atoms with E-state index >= 15 is 0 Å². The van der Waals surface area contributed by atoms with Crippen molar-refractivity contribution in [2.24, 2.45) is 5.41 Å². The highest BCUT2D eigenvalue weighted by molar-refractivity contribution is 5.80. The summed E-state index contributed by atoms with van der Waals surface area (Å²) in [6.07, 6.45) is 0. The van der Waals surface area contributed by atoms with E-state index in [4.69, 9.17) is 0 Å². The van der Waals surface area contributed by atoms with Gasteiger partial charge in [0, 0.05) is 12.5 Å². The van der Waals surface area contributed by atoms with Gasteiger partial charge in [0.1, 0.15) is 0 Å². The molecule has 0 radical (unpaired) electrons. The van der Waals surface area contributed by atoms with Crippen molar-refractivity contribution in [3.63, 3.8) is 0 Å². The van der Waals surface area contributed by atoms with Crippen LogP contribution in [0.15, 0.2) is 0 Å². The lowest BCUT2D eigenvalue weighted by molar-refractivity contribution is -0.127. The maximum atomic E-state index is 10.7. The lowest BCUT2D eigenvalue weighted by Crippen LogP contribution is -2.31. The van der Waals surface area contributed by atoms with E-state index in [0.717, 1.165) is 0 Å². The number of hydrogen-bond acceptors (Lipinski definition) is 1. The lowest BCUT2D eigenvalue weighted by atomic mass is 9.96. The molecule has 0 aromatic rings. The molecule has 0 aromatic heterocycles. The third kappa shape index (κ3) is 18.4. The molecule has 0 unspecified atom stereocenters. The summed E-state index contributed by atoms with van der Waals surface area (Å²) >= 11 is 0. The predicted molar refractivity (Wildman–Crippen MR) is 62.9 cm³/mol. The summed E-state index contributed by atoms with van der Waals surface area (Å²) in [5.74, 6) is 0.0810. The molecule has 0 aromatic carbocycles. The van der Waals surface area contributed by atoms with Crippen LogP contribution in [0.1, 0.15) is 55.9 Å². The van der Waals surface area contributed by atoms with E-state index in [1.807, 2.05) is 48.5 Å². The summed E-state index contributed by atoms with van der Waals surface area (Å²) in [5, 5.41) is 2.57. The van der Waals surface area contributed by atoms with Crippen LogP contribution in [0, 0.1) is 5.41 Å². The van der Waals surface area contributed by atoms with Gasteiger partial charge in [-0.2, -0.15) is 0 Å². The van der Waals surface area contributed by atoms with Gasteiger partial charge < -0.3 is 5.32 Å². The van der Waals surface area contributed by atoms with Crippen LogP contribution in [-0.2, 0) is 4.79 Å². The first-order valence-corrected chi connectivity index (χ1v) is 4.70. The average molecular weight is 191 g/mol. The van der Waals surface area contributed by atoms with Gasteiger partial charge in [-0.3, -0.25) is 4.79 Å². The molecule has 0 aliphatic heterocycles. The van der Waals surface area contributed by atoms with Crippen molar-refractivity contribution in [1.82, 2.24) is 5.32 Å². The van der Waals surface area contributed by atoms with Gasteiger partial charge >= 0.3 is 0 Å². The van der Waals surface area contributed by atoms with Crippen molar-refractivity contribution in [3.8, 4) is 0 Å². The third-order valence-corrected chi connectivity index (χ3v) is 0.908. The minimum Gasteiger partial charge on any atom is -0.359 e. The molecule has 2 nitrogen and oxygen atoms in total. The molecular formula is C11H29NO. The van der Waals surface area contributed by atoms with Crippen LogP contribution < -0.4 is 5.32 Å². The van der Waals surface area contributed by atoms with Crippen molar-refractivity contribution in [1.29, 1.82) is 0 Å². The van der Waals surface area contributed by atoms with Gasteiger partial charge in [0.2, 0.25) is 5.91 Å². The maximum absolute atomic E-state index is 10.7. The minimum absolute atomic E-state index is 0. The van der Waals surface area contributed by atoms with Crippen LogP contribution in [0.4, 0.5) is 0 Å². The van der Waals surface area contributed by atoms with Crippen molar-refractivity contribution in [2.75, 3.05) is 7.05 Å². The van der Waals surface area contributed by atoms with Crippen LogP contribution in [0.25, 0.3) is 0 Å². The monoisotopic (exact) mass is 191 g/mol. The lowest BCUT2D eigenvalue weighted by Gasteiger charge is -2.14. The molecule has 0 fully saturated rings. The fraction of sp³-hybridized carbons (Fsp3) is 0.909. The van der Waals surface area contributed by atoms with Gasteiger partial charge in [0.05, 0.1) is 0 Å². The Morgan fingerprint density at radius 3 is 1.23 bits per heavy atom. The molecule has 1 N–H and O–H groups in total. The highest BCUT2D eigenvalue weighted by atomic mass is 16.2. The summed E-state index contributed by atoms with van der Waals surface area (Å²) in [6, 6.07) is 0. The average Bonchev–Trinajstić information content (AvgIpc) is 2.08. The fourth-order valence-electron chi connectivity index (χ4n) is 0.375. The van der Waals surface area contributed by atoms with Gasteiger partial charge in [0.25, 0.3) is 0 Å². The summed E-state index contributed by atoms with van der Waals surface area (Å²) in [5.41, 5.74) is -0.241. The summed E-state index contributed by atoms with van der Waals surface area (Å²) in [4.78, 5) is 10.7. The molecule has 0 atom stereocenters. The Morgan fingerprint density at radius 2 is 1.23 bits per heavy atom. The van der Waals surface area contributed by atoms with Gasteiger partial charge in [-0.25, -0.2) is 0 Å². The third-order valence-electron chi connectivity index (χ3n) is 0.908. The quantitative estimate of drug-likeness (QED) is 0.624. The first kappa shape index (κ1) is 22.9. The van der Waals surface area contributed by atoms with E-state index in [1.165, 1.54) is 0 Å². The summed E-state index contributed by atoms with van der Waals surface area (Å²) in [7, 11) is 1.65. The molecule has 13 heavy (non-hydrogen) atoms. The normalized spacial score (nSPS) is 7.69. The second-order valence-electron chi connectivity index (χ2n) is 2.83. The van der Waals surface area contributed by atoms with Crippen LogP contribution in [0.3, 0.4) is 0 Å². The SMILES string of the molecule is C.CC.CC.CNC(=O)C(C)(C)C. The zero-order valence-corrected chi connectivity index (χ0v) is 9.91. The molecule has 0 rings (SSSR count). The van der Waals surface area contributed by atoms with E-state index in [0.29, 0.717) is 0 Å². The Bertz CT molecular complexity index is 92.8. The minimum atomic E-state index is -0.241. The first-order valence-electron chi connectivity index (χ1n) is 4.70. The number of nitrogens with one attached hydrogen (secondary N) is 1. The van der Waals surface area contributed by atoms with E-state index in [1.54, 1.807) is 7.05 Å². The topological polar surface area (TPSA) is 29.1 Å². The Hall–Kier alpha value is -0.530. The number of amides is 1. The van der Waals surface area contributed by atoms with E-state index in [-0.39, 0.29) is 18.7 Å². The zero-order valence-electron chi connectivity index (χ0n) is 9.91. The molecule has 84 valence electrons. The molecule has 1 amide bonds. The predicted octanol–water partition coefficient (Wildman–Crippen LogP) is 3.47. The molecule has 2 heteroatoms. The van der Waals surface area contributed by atoms with Crippen molar-refractivity contribution in [2.45, 2.75) is 55.9 Å². The molecule has 0 aliphatic carbocycles. The zero-order chi connectivity index (χ0) is 10.8. The molecule has 0 saturated carbocycles. The van der Waals surface area contributed by atoms with Gasteiger partial charge in [-0.05, 0) is 0 Å². The number of hydrogen-bond donors (Lipinski definition) is 1. The molecular weight excluding hydrogens is 162 g/mol. The highest BCUT2D eigenvalue weighted by Crippen LogP contribution is 2.11. The first-order chi connectivity index (χ1) is 5.48. The largest absolute Gasteiger partial charge is 0.359 e. The Morgan fingerprint density at radius 1 is 1.00 bits per heavy atom. The molecule has 0 saturated heterocycles. The van der Waals surface area contributed by atoms with E-state index in [9.17, 15) is 4.79 Å². The van der Waals surface area contributed by atoms with Gasteiger partial charge in [-0.15, -0.1) is 0 Å². The maximum Gasteiger partial charge on any atom is 0.225 e. The standard InChI is InChI=1S/C6H13NO.2C2H6.CH4/c1-6(2,3)5(8)7-4;2*1-2;/h1-4H3,(H,7,8);2*1-2H3;1H4. The van der Waals surface area contributed by atoms with Gasteiger partial charge in [-0.1, -0.05) is 55.9 Å². The van der Waals surface area contributed by atoms with Crippen molar-refractivity contribution < 1.29 is 4.79 Å². The van der Waals surface area contributed by atoms with E-state index in [2.05, 4.69) is 5.32 Å². The molecule has 0 heterocycles. The number of carbonyl (C=O) groups excluding carboxylic acids is 1. The second-order valence-corrected chi connectivity index (χ2v) is 2.83.